The van der Waals surface area contributed by atoms with Crippen molar-refractivity contribution in [2.75, 3.05) is 32.4 Å². The van der Waals surface area contributed by atoms with Gasteiger partial charge in [0, 0.05) is 23.2 Å². The fraction of sp³-hybridized carbons (Fsp3) is 0.571. The van der Waals surface area contributed by atoms with Crippen LogP contribution in [0, 0.1) is 5.82 Å². The second-order valence-corrected chi connectivity index (χ2v) is 5.88. The quantitative estimate of drug-likeness (QED) is 0.826. The Morgan fingerprint density at radius 3 is 2.78 bits per heavy atom. The Labute approximate surface area is 113 Å². The number of halogens is 1. The summed E-state index contributed by atoms with van der Waals surface area (Å²) >= 11 is 1.61. The van der Waals surface area contributed by atoms with E-state index in [2.05, 4.69) is 17.3 Å². The monoisotopic (exact) mass is 268 g/mol. The maximum absolute atomic E-state index is 13.4. The molecule has 0 radical (unpaired) electrons. The summed E-state index contributed by atoms with van der Waals surface area (Å²) in [4.78, 5) is 3.17. The van der Waals surface area contributed by atoms with Crippen molar-refractivity contribution in [1.29, 1.82) is 0 Å². The van der Waals surface area contributed by atoms with Gasteiger partial charge in [0.1, 0.15) is 5.82 Å². The summed E-state index contributed by atoms with van der Waals surface area (Å²) in [7, 11) is 2.18. The van der Waals surface area contributed by atoms with Gasteiger partial charge in [0.2, 0.25) is 0 Å². The lowest BCUT2D eigenvalue weighted by Gasteiger charge is -2.31. The Bertz CT molecular complexity index is 367. The summed E-state index contributed by atoms with van der Waals surface area (Å²) in [6.07, 6.45) is 2.45. The average Bonchev–Trinajstić information content (AvgIpc) is 2.42. The van der Waals surface area contributed by atoms with Crippen molar-refractivity contribution >= 4 is 11.8 Å². The molecule has 0 saturated carbocycles. The van der Waals surface area contributed by atoms with Gasteiger partial charge in [-0.2, -0.15) is 0 Å². The van der Waals surface area contributed by atoms with E-state index in [1.165, 1.54) is 18.9 Å². The molecule has 0 amide bonds. The maximum atomic E-state index is 13.4. The van der Waals surface area contributed by atoms with Crippen molar-refractivity contribution in [1.82, 2.24) is 10.2 Å². The van der Waals surface area contributed by atoms with Crippen LogP contribution in [0.3, 0.4) is 0 Å². The molecule has 0 aromatic heterocycles. The summed E-state index contributed by atoms with van der Waals surface area (Å²) in [6.45, 7) is 3.26. The number of nitrogens with zero attached hydrogens (tertiary/aromatic N) is 1. The van der Waals surface area contributed by atoms with Crippen LogP contribution in [-0.2, 0) is 0 Å². The van der Waals surface area contributed by atoms with E-state index < -0.39 is 0 Å². The number of benzene rings is 1. The van der Waals surface area contributed by atoms with Crippen LogP contribution in [0.2, 0.25) is 0 Å². The predicted octanol–water partition coefficient (Wildman–Crippen LogP) is 2.60. The molecule has 0 unspecified atom stereocenters. The zero-order chi connectivity index (χ0) is 12.8. The average molecular weight is 268 g/mol. The lowest BCUT2D eigenvalue weighted by atomic mass is 10.1. The number of rotatable bonds is 5. The Hall–Kier alpha value is -0.580. The van der Waals surface area contributed by atoms with E-state index in [0.29, 0.717) is 6.04 Å². The minimum Gasteiger partial charge on any atom is -0.317 e. The van der Waals surface area contributed by atoms with Gasteiger partial charge in [-0.1, -0.05) is 12.1 Å². The molecule has 1 saturated heterocycles. The number of hydrogen-bond acceptors (Lipinski definition) is 3. The van der Waals surface area contributed by atoms with Gasteiger partial charge in [-0.25, -0.2) is 4.39 Å². The molecule has 1 fully saturated rings. The molecule has 2 nitrogen and oxygen atoms in total. The molecule has 100 valence electrons. The highest BCUT2D eigenvalue weighted by Crippen LogP contribution is 2.21. The van der Waals surface area contributed by atoms with Crippen molar-refractivity contribution in [3.63, 3.8) is 0 Å². The highest BCUT2D eigenvalue weighted by atomic mass is 32.2. The maximum Gasteiger partial charge on any atom is 0.136 e. The zero-order valence-electron chi connectivity index (χ0n) is 10.9. The molecule has 0 spiro atoms. The first kappa shape index (κ1) is 13.8. The smallest absolute Gasteiger partial charge is 0.136 e. The molecule has 0 aliphatic carbocycles. The second-order valence-electron chi connectivity index (χ2n) is 4.74. The van der Waals surface area contributed by atoms with Crippen LogP contribution >= 0.6 is 11.8 Å². The number of hydrogen-bond donors (Lipinski definition) is 1. The normalized spacial score (nSPS) is 17.3. The van der Waals surface area contributed by atoms with Gasteiger partial charge in [0.15, 0.2) is 0 Å². The van der Waals surface area contributed by atoms with Crippen molar-refractivity contribution in [3.05, 3.63) is 30.1 Å². The van der Waals surface area contributed by atoms with E-state index in [9.17, 15) is 4.39 Å². The third-order valence-electron chi connectivity index (χ3n) is 3.47. The molecule has 1 aliphatic heterocycles. The molecule has 1 aromatic carbocycles. The Morgan fingerprint density at radius 1 is 1.33 bits per heavy atom. The molecule has 1 N–H and O–H groups in total. The van der Waals surface area contributed by atoms with Crippen molar-refractivity contribution in [2.24, 2.45) is 0 Å². The van der Waals surface area contributed by atoms with Crippen LogP contribution in [0.15, 0.2) is 29.2 Å². The molecule has 1 heterocycles. The van der Waals surface area contributed by atoms with Crippen LogP contribution in [0.1, 0.15) is 12.8 Å². The van der Waals surface area contributed by atoms with Crippen LogP contribution in [0.25, 0.3) is 0 Å². The Balaban J connectivity index is 1.73. The van der Waals surface area contributed by atoms with Crippen molar-refractivity contribution in [2.45, 2.75) is 23.8 Å². The molecular formula is C14H21FN2S. The lowest BCUT2D eigenvalue weighted by molar-refractivity contribution is 0.210. The van der Waals surface area contributed by atoms with E-state index >= 15 is 0 Å². The number of piperidine rings is 1. The van der Waals surface area contributed by atoms with E-state index in [-0.39, 0.29) is 5.82 Å². The van der Waals surface area contributed by atoms with Gasteiger partial charge in [0.05, 0.1) is 0 Å². The molecule has 2 rings (SSSR count). The fourth-order valence-corrected chi connectivity index (χ4v) is 3.27. The van der Waals surface area contributed by atoms with Gasteiger partial charge in [-0.3, -0.25) is 0 Å². The Kier molecular flexibility index (Phi) is 5.47. The minimum absolute atomic E-state index is 0.105. The molecule has 0 bridgehead atoms. The van der Waals surface area contributed by atoms with Gasteiger partial charge >= 0.3 is 0 Å². The first-order chi connectivity index (χ1) is 8.77. The number of thioether (sulfide) groups is 1. The molecule has 0 atom stereocenters. The summed E-state index contributed by atoms with van der Waals surface area (Å²) in [5, 5.41) is 3.38. The van der Waals surface area contributed by atoms with Crippen molar-refractivity contribution < 1.29 is 4.39 Å². The largest absolute Gasteiger partial charge is 0.317 e. The van der Waals surface area contributed by atoms with Crippen molar-refractivity contribution in [3.8, 4) is 0 Å². The van der Waals surface area contributed by atoms with E-state index in [4.69, 9.17) is 0 Å². The molecule has 1 aliphatic rings. The van der Waals surface area contributed by atoms with Gasteiger partial charge in [-0.15, -0.1) is 11.8 Å². The topological polar surface area (TPSA) is 15.3 Å². The lowest BCUT2D eigenvalue weighted by Crippen LogP contribution is -2.41. The van der Waals surface area contributed by atoms with Crippen LogP contribution in [-0.4, -0.2) is 43.4 Å². The predicted molar refractivity (Wildman–Crippen MR) is 75.6 cm³/mol. The van der Waals surface area contributed by atoms with E-state index in [1.807, 2.05) is 12.1 Å². The van der Waals surface area contributed by atoms with E-state index in [0.717, 1.165) is 30.3 Å². The molecule has 18 heavy (non-hydrogen) atoms. The highest BCUT2D eigenvalue weighted by Gasteiger charge is 2.17. The van der Waals surface area contributed by atoms with Gasteiger partial charge in [0.25, 0.3) is 0 Å². The Morgan fingerprint density at radius 2 is 2.06 bits per heavy atom. The first-order valence-electron chi connectivity index (χ1n) is 6.55. The van der Waals surface area contributed by atoms with Crippen LogP contribution in [0.4, 0.5) is 4.39 Å². The number of nitrogens with one attached hydrogen (secondary N) is 1. The summed E-state index contributed by atoms with van der Waals surface area (Å²) in [5.41, 5.74) is 0. The standard InChI is InChI=1S/C14H21FN2S/c1-17(12-6-8-16-9-7-12)10-11-18-14-5-3-2-4-13(14)15/h2-5,12,16H,6-11H2,1H3. The molecule has 1 aromatic rings. The van der Waals surface area contributed by atoms with Gasteiger partial charge < -0.3 is 10.2 Å². The van der Waals surface area contributed by atoms with Crippen LogP contribution in [0.5, 0.6) is 0 Å². The summed E-state index contributed by atoms with van der Waals surface area (Å²) < 4.78 is 13.4. The third-order valence-corrected chi connectivity index (χ3v) is 4.50. The minimum atomic E-state index is -0.105. The first-order valence-corrected chi connectivity index (χ1v) is 7.54. The SMILES string of the molecule is CN(CCSc1ccccc1F)C1CCNCC1. The highest BCUT2D eigenvalue weighted by molar-refractivity contribution is 7.99. The molecule has 4 heteroatoms. The second kappa shape index (κ2) is 7.12. The fourth-order valence-electron chi connectivity index (χ4n) is 2.29. The van der Waals surface area contributed by atoms with Gasteiger partial charge in [-0.05, 0) is 45.1 Å². The third kappa shape index (κ3) is 3.97. The van der Waals surface area contributed by atoms with Crippen LogP contribution < -0.4 is 5.32 Å². The zero-order valence-corrected chi connectivity index (χ0v) is 11.7. The summed E-state index contributed by atoms with van der Waals surface area (Å²) in [6, 6.07) is 7.69. The van der Waals surface area contributed by atoms with E-state index in [1.54, 1.807) is 17.8 Å². The molecular weight excluding hydrogens is 247 g/mol. The summed E-state index contributed by atoms with van der Waals surface area (Å²) in [5.74, 6) is 0.841.